The van der Waals surface area contributed by atoms with Crippen LogP contribution in [0.4, 0.5) is 5.69 Å². The van der Waals surface area contributed by atoms with Gasteiger partial charge in [-0.15, -0.1) is 0 Å². The molecule has 2 aromatic carbocycles. The Hall–Kier alpha value is -1.73. The van der Waals surface area contributed by atoms with E-state index in [-0.39, 0.29) is 6.04 Å². The maximum absolute atomic E-state index is 6.44. The summed E-state index contributed by atoms with van der Waals surface area (Å²) in [5.74, 6) is 1.06. The Kier molecular flexibility index (Phi) is 3.04. The van der Waals surface area contributed by atoms with E-state index in [1.807, 2.05) is 12.1 Å². The summed E-state index contributed by atoms with van der Waals surface area (Å²) in [5.41, 5.74) is 5.21. The summed E-state index contributed by atoms with van der Waals surface area (Å²) >= 11 is 6.44. The van der Waals surface area contributed by atoms with Gasteiger partial charge in [0.25, 0.3) is 0 Å². The molecular weight excluding hydrogens is 278 g/mol. The van der Waals surface area contributed by atoms with E-state index in [2.05, 4.69) is 54.7 Å². The number of fused-ring (bicyclic) bond motifs is 3. The monoisotopic (exact) mass is 295 g/mol. The van der Waals surface area contributed by atoms with E-state index in [4.69, 9.17) is 11.6 Å². The van der Waals surface area contributed by atoms with Crippen molar-refractivity contribution in [1.29, 1.82) is 0 Å². The molecule has 0 saturated carbocycles. The van der Waals surface area contributed by atoms with Gasteiger partial charge in [0.2, 0.25) is 0 Å². The molecule has 0 aromatic heterocycles. The molecule has 1 nitrogen and oxygen atoms in total. The smallest absolute Gasteiger partial charge is 0.0568 e. The van der Waals surface area contributed by atoms with Crippen LogP contribution < -0.4 is 5.32 Å². The molecule has 1 aliphatic carbocycles. The first-order valence-electron chi connectivity index (χ1n) is 7.52. The highest BCUT2D eigenvalue weighted by Gasteiger charge is 2.38. The van der Waals surface area contributed by atoms with Gasteiger partial charge in [0.15, 0.2) is 0 Å². The van der Waals surface area contributed by atoms with E-state index in [0.29, 0.717) is 11.8 Å². The lowest BCUT2D eigenvalue weighted by Gasteiger charge is -2.38. The van der Waals surface area contributed by atoms with Gasteiger partial charge in [0, 0.05) is 16.6 Å². The average molecular weight is 296 g/mol. The van der Waals surface area contributed by atoms with Gasteiger partial charge in [-0.25, -0.2) is 0 Å². The van der Waals surface area contributed by atoms with Crippen molar-refractivity contribution in [2.45, 2.75) is 25.3 Å². The van der Waals surface area contributed by atoms with Gasteiger partial charge in [0.05, 0.1) is 6.04 Å². The van der Waals surface area contributed by atoms with Gasteiger partial charge < -0.3 is 5.32 Å². The van der Waals surface area contributed by atoms with Crippen LogP contribution >= 0.6 is 11.6 Å². The second-order valence-electron chi connectivity index (χ2n) is 6.09. The number of halogens is 1. The third-order valence-electron chi connectivity index (χ3n) is 4.76. The fourth-order valence-corrected chi connectivity index (χ4v) is 4.00. The normalized spacial score (nSPS) is 26.1. The molecule has 0 bridgehead atoms. The number of allylic oxidation sites excluding steroid dienone is 2. The van der Waals surface area contributed by atoms with E-state index in [0.717, 1.165) is 11.4 Å². The van der Waals surface area contributed by atoms with Gasteiger partial charge in [0.1, 0.15) is 0 Å². The maximum Gasteiger partial charge on any atom is 0.0568 e. The standard InChI is InChI=1S/C19H18ClN/c1-12-9-10-18-16(11-12)13-6-4-7-14(13)19(21-18)15-5-2-3-8-17(15)20/h2-6,8-11,13-14,19,21H,7H2,1H3. The van der Waals surface area contributed by atoms with Gasteiger partial charge >= 0.3 is 0 Å². The van der Waals surface area contributed by atoms with Crippen LogP contribution in [-0.4, -0.2) is 0 Å². The van der Waals surface area contributed by atoms with Crippen LogP contribution in [0.3, 0.4) is 0 Å². The number of benzene rings is 2. The summed E-state index contributed by atoms with van der Waals surface area (Å²) in [7, 11) is 0. The number of hydrogen-bond donors (Lipinski definition) is 1. The quantitative estimate of drug-likeness (QED) is 0.687. The molecule has 1 N–H and O–H groups in total. The second kappa shape index (κ2) is 4.92. The van der Waals surface area contributed by atoms with Crippen LogP contribution in [0.2, 0.25) is 5.02 Å². The molecule has 21 heavy (non-hydrogen) atoms. The molecule has 1 heterocycles. The van der Waals surface area contributed by atoms with E-state index < -0.39 is 0 Å². The van der Waals surface area contributed by atoms with Crippen molar-refractivity contribution in [3.63, 3.8) is 0 Å². The third-order valence-corrected chi connectivity index (χ3v) is 5.10. The number of hydrogen-bond acceptors (Lipinski definition) is 1. The summed E-state index contributed by atoms with van der Waals surface area (Å²) in [5, 5.41) is 4.59. The van der Waals surface area contributed by atoms with Crippen LogP contribution in [-0.2, 0) is 0 Å². The fourth-order valence-electron chi connectivity index (χ4n) is 3.75. The van der Waals surface area contributed by atoms with Crippen molar-refractivity contribution >= 4 is 17.3 Å². The summed E-state index contributed by atoms with van der Waals surface area (Å²) in [6.07, 6.45) is 5.80. The highest BCUT2D eigenvalue weighted by Crippen LogP contribution is 2.50. The highest BCUT2D eigenvalue weighted by atomic mass is 35.5. The highest BCUT2D eigenvalue weighted by molar-refractivity contribution is 6.31. The van der Waals surface area contributed by atoms with Crippen LogP contribution in [0.1, 0.15) is 35.1 Å². The number of rotatable bonds is 1. The van der Waals surface area contributed by atoms with Crippen LogP contribution in [0.5, 0.6) is 0 Å². The van der Waals surface area contributed by atoms with Gasteiger partial charge in [-0.1, -0.05) is 59.6 Å². The molecule has 0 amide bonds. The molecule has 0 fully saturated rings. The Morgan fingerprint density at radius 1 is 1.10 bits per heavy atom. The lowest BCUT2D eigenvalue weighted by atomic mass is 9.76. The zero-order valence-corrected chi connectivity index (χ0v) is 12.8. The zero-order valence-electron chi connectivity index (χ0n) is 12.0. The van der Waals surface area contributed by atoms with Crippen molar-refractivity contribution in [3.05, 3.63) is 76.3 Å². The molecule has 2 aliphatic rings. The Labute approximate surface area is 130 Å². The molecule has 2 aromatic rings. The average Bonchev–Trinajstić information content (AvgIpc) is 2.97. The predicted octanol–water partition coefficient (Wildman–Crippen LogP) is 5.47. The summed E-state index contributed by atoms with van der Waals surface area (Å²) in [6.45, 7) is 2.16. The molecule has 106 valence electrons. The lowest BCUT2D eigenvalue weighted by Crippen LogP contribution is -2.29. The predicted molar refractivity (Wildman–Crippen MR) is 89.0 cm³/mol. The molecule has 0 radical (unpaired) electrons. The third kappa shape index (κ3) is 2.08. The maximum atomic E-state index is 6.44. The number of anilines is 1. The summed E-state index contributed by atoms with van der Waals surface area (Å²) in [6, 6.07) is 15.2. The van der Waals surface area contributed by atoms with Crippen LogP contribution in [0.25, 0.3) is 0 Å². The number of nitrogens with one attached hydrogen (secondary N) is 1. The first-order chi connectivity index (χ1) is 10.2. The summed E-state index contributed by atoms with van der Waals surface area (Å²) < 4.78 is 0. The largest absolute Gasteiger partial charge is 0.378 e. The Morgan fingerprint density at radius 3 is 2.81 bits per heavy atom. The van der Waals surface area contributed by atoms with Crippen molar-refractivity contribution in [3.8, 4) is 0 Å². The SMILES string of the molecule is Cc1ccc2c(c1)C1C=CCC1C(c1ccccc1Cl)N2. The molecule has 3 atom stereocenters. The molecule has 2 heteroatoms. The van der Waals surface area contributed by atoms with Crippen LogP contribution in [0.15, 0.2) is 54.6 Å². The van der Waals surface area contributed by atoms with Crippen molar-refractivity contribution in [2.24, 2.45) is 5.92 Å². The minimum atomic E-state index is 0.286. The fraction of sp³-hybridized carbons (Fsp3) is 0.263. The van der Waals surface area contributed by atoms with Crippen LogP contribution in [0, 0.1) is 12.8 Å². The Bertz CT molecular complexity index is 719. The Morgan fingerprint density at radius 2 is 1.95 bits per heavy atom. The zero-order chi connectivity index (χ0) is 14.4. The number of aryl methyl sites for hydroxylation is 1. The molecular formula is C19H18ClN. The summed E-state index contributed by atoms with van der Waals surface area (Å²) in [4.78, 5) is 0. The second-order valence-corrected chi connectivity index (χ2v) is 6.49. The van der Waals surface area contributed by atoms with E-state index in [1.165, 1.54) is 22.4 Å². The van der Waals surface area contributed by atoms with Gasteiger partial charge in [-0.3, -0.25) is 0 Å². The van der Waals surface area contributed by atoms with E-state index >= 15 is 0 Å². The van der Waals surface area contributed by atoms with E-state index in [1.54, 1.807) is 0 Å². The van der Waals surface area contributed by atoms with E-state index in [9.17, 15) is 0 Å². The molecule has 0 spiro atoms. The minimum absolute atomic E-state index is 0.286. The first-order valence-corrected chi connectivity index (χ1v) is 7.90. The lowest BCUT2D eigenvalue weighted by molar-refractivity contribution is 0.425. The molecule has 4 rings (SSSR count). The van der Waals surface area contributed by atoms with Gasteiger partial charge in [-0.05, 0) is 42.5 Å². The van der Waals surface area contributed by atoms with Gasteiger partial charge in [-0.2, -0.15) is 0 Å². The van der Waals surface area contributed by atoms with Crippen molar-refractivity contribution in [2.75, 3.05) is 5.32 Å². The first kappa shape index (κ1) is 13.0. The molecule has 3 unspecified atom stereocenters. The van der Waals surface area contributed by atoms with Crippen molar-refractivity contribution in [1.82, 2.24) is 0 Å². The molecule has 0 saturated heterocycles. The topological polar surface area (TPSA) is 12.0 Å². The van der Waals surface area contributed by atoms with Crippen molar-refractivity contribution < 1.29 is 0 Å². The minimum Gasteiger partial charge on any atom is -0.378 e. The Balaban J connectivity index is 1.82. The molecule has 1 aliphatic heterocycles.